The zero-order valence-electron chi connectivity index (χ0n) is 12.1. The molecule has 0 amide bonds. The Morgan fingerprint density at radius 3 is 2.60 bits per heavy atom. The molecule has 0 aromatic heterocycles. The summed E-state index contributed by atoms with van der Waals surface area (Å²) in [4.78, 5) is 2.10. The number of aryl methyl sites for hydroxylation is 1. The van der Waals surface area contributed by atoms with E-state index in [2.05, 4.69) is 41.4 Å². The van der Waals surface area contributed by atoms with Crippen molar-refractivity contribution in [3.05, 3.63) is 59.2 Å². The van der Waals surface area contributed by atoms with Crippen LogP contribution in [0.2, 0.25) is 0 Å². The van der Waals surface area contributed by atoms with Crippen molar-refractivity contribution in [2.45, 2.75) is 13.5 Å². The summed E-state index contributed by atoms with van der Waals surface area (Å²) in [6.45, 7) is 2.75. The van der Waals surface area contributed by atoms with E-state index in [0.29, 0.717) is 6.54 Å². The van der Waals surface area contributed by atoms with Gasteiger partial charge in [-0.05, 0) is 36.2 Å². The number of nitrogens with zero attached hydrogens (tertiary/aromatic N) is 2. The van der Waals surface area contributed by atoms with Gasteiger partial charge in [0.05, 0.1) is 11.6 Å². The van der Waals surface area contributed by atoms with Crippen molar-refractivity contribution in [1.29, 1.82) is 5.26 Å². The fraction of sp³-hybridized carbons (Fsp3) is 0.235. The van der Waals surface area contributed by atoms with Crippen LogP contribution >= 0.6 is 0 Å². The highest BCUT2D eigenvalue weighted by Crippen LogP contribution is 2.23. The lowest BCUT2D eigenvalue weighted by molar-refractivity contribution is 1.10. The van der Waals surface area contributed by atoms with Crippen molar-refractivity contribution in [3.63, 3.8) is 0 Å². The van der Waals surface area contributed by atoms with Crippen LogP contribution in [0.5, 0.6) is 0 Å². The van der Waals surface area contributed by atoms with E-state index in [1.807, 2.05) is 38.4 Å². The molecular weight excluding hydrogens is 246 g/mol. The van der Waals surface area contributed by atoms with E-state index in [0.717, 1.165) is 16.8 Å². The third kappa shape index (κ3) is 3.10. The molecule has 0 atom stereocenters. The van der Waals surface area contributed by atoms with E-state index in [-0.39, 0.29) is 0 Å². The normalized spacial score (nSPS) is 9.90. The zero-order valence-corrected chi connectivity index (χ0v) is 12.1. The van der Waals surface area contributed by atoms with E-state index in [1.54, 1.807) is 0 Å². The lowest BCUT2D eigenvalue weighted by Gasteiger charge is -2.17. The molecule has 0 spiro atoms. The van der Waals surface area contributed by atoms with Gasteiger partial charge in [-0.1, -0.05) is 24.3 Å². The summed E-state index contributed by atoms with van der Waals surface area (Å²) in [5, 5.41) is 12.5. The molecule has 0 radical (unpaired) electrons. The summed E-state index contributed by atoms with van der Waals surface area (Å²) in [5.74, 6) is 0. The summed E-state index contributed by atoms with van der Waals surface area (Å²) in [7, 11) is 4.08. The maximum atomic E-state index is 9.08. The maximum absolute atomic E-state index is 9.08. The van der Waals surface area contributed by atoms with Crippen LogP contribution in [0.1, 0.15) is 16.7 Å². The smallest absolute Gasteiger partial charge is 0.0995 e. The van der Waals surface area contributed by atoms with Gasteiger partial charge in [0.2, 0.25) is 0 Å². The Morgan fingerprint density at radius 1 is 1.15 bits per heavy atom. The number of nitriles is 1. The van der Waals surface area contributed by atoms with Crippen LogP contribution in [0.15, 0.2) is 42.5 Å². The molecule has 3 heteroatoms. The Balaban J connectivity index is 2.15. The van der Waals surface area contributed by atoms with Gasteiger partial charge < -0.3 is 10.2 Å². The molecule has 2 aromatic carbocycles. The van der Waals surface area contributed by atoms with E-state index in [9.17, 15) is 0 Å². The van der Waals surface area contributed by atoms with Gasteiger partial charge in [0.25, 0.3) is 0 Å². The van der Waals surface area contributed by atoms with Crippen molar-refractivity contribution in [2.24, 2.45) is 0 Å². The minimum atomic E-state index is 0.652. The maximum Gasteiger partial charge on any atom is 0.0995 e. The Labute approximate surface area is 120 Å². The lowest BCUT2D eigenvalue weighted by Crippen LogP contribution is -2.11. The molecule has 0 aliphatic rings. The van der Waals surface area contributed by atoms with E-state index >= 15 is 0 Å². The van der Waals surface area contributed by atoms with Crippen LogP contribution in [0, 0.1) is 18.3 Å². The summed E-state index contributed by atoms with van der Waals surface area (Å²) in [6, 6.07) is 16.2. The molecule has 0 saturated carbocycles. The number of benzene rings is 2. The predicted octanol–water partition coefficient (Wildman–Crippen LogP) is 3.54. The van der Waals surface area contributed by atoms with Crippen LogP contribution in [0.4, 0.5) is 11.4 Å². The third-order valence-electron chi connectivity index (χ3n) is 3.31. The molecule has 0 saturated heterocycles. The summed E-state index contributed by atoms with van der Waals surface area (Å²) in [6.07, 6.45) is 0. The van der Waals surface area contributed by atoms with Gasteiger partial charge in [-0.2, -0.15) is 5.26 Å². The average Bonchev–Trinajstić information content (AvgIpc) is 2.46. The van der Waals surface area contributed by atoms with Gasteiger partial charge >= 0.3 is 0 Å². The predicted molar refractivity (Wildman–Crippen MR) is 84.0 cm³/mol. The fourth-order valence-corrected chi connectivity index (χ4v) is 2.18. The van der Waals surface area contributed by atoms with Gasteiger partial charge in [-0.25, -0.2) is 0 Å². The summed E-state index contributed by atoms with van der Waals surface area (Å²) in [5.41, 5.74) is 5.25. The van der Waals surface area contributed by atoms with Crippen LogP contribution in [-0.2, 0) is 6.54 Å². The lowest BCUT2D eigenvalue weighted by atomic mass is 10.1. The number of hydrogen-bond donors (Lipinski definition) is 1. The van der Waals surface area contributed by atoms with Crippen LogP contribution in [0.25, 0.3) is 0 Å². The van der Waals surface area contributed by atoms with Crippen molar-refractivity contribution in [3.8, 4) is 6.07 Å². The highest BCUT2D eigenvalue weighted by molar-refractivity contribution is 5.62. The van der Waals surface area contributed by atoms with Crippen LogP contribution < -0.4 is 10.2 Å². The molecule has 0 bridgehead atoms. The van der Waals surface area contributed by atoms with Crippen molar-refractivity contribution < 1.29 is 0 Å². The minimum Gasteiger partial charge on any atom is -0.381 e. The van der Waals surface area contributed by atoms with E-state index in [4.69, 9.17) is 5.26 Å². The van der Waals surface area contributed by atoms with Gasteiger partial charge in [-0.3, -0.25) is 0 Å². The van der Waals surface area contributed by atoms with Gasteiger partial charge in [-0.15, -0.1) is 0 Å². The summed E-state index contributed by atoms with van der Waals surface area (Å²) >= 11 is 0. The Kier molecular flexibility index (Phi) is 4.27. The third-order valence-corrected chi connectivity index (χ3v) is 3.31. The van der Waals surface area contributed by atoms with Crippen molar-refractivity contribution in [2.75, 3.05) is 24.3 Å². The monoisotopic (exact) mass is 265 g/mol. The van der Waals surface area contributed by atoms with Crippen molar-refractivity contribution >= 4 is 11.4 Å². The molecule has 2 rings (SSSR count). The van der Waals surface area contributed by atoms with Crippen LogP contribution in [0.3, 0.4) is 0 Å². The molecule has 0 aliphatic carbocycles. The topological polar surface area (TPSA) is 39.1 Å². The Morgan fingerprint density at radius 2 is 1.90 bits per heavy atom. The number of anilines is 2. The highest BCUT2D eigenvalue weighted by atomic mass is 15.1. The van der Waals surface area contributed by atoms with Gasteiger partial charge in [0, 0.05) is 32.0 Å². The molecule has 2 aromatic rings. The molecule has 0 aliphatic heterocycles. The largest absolute Gasteiger partial charge is 0.381 e. The SMILES string of the molecule is Cc1ccc(NCc2ccccc2C#N)cc1N(C)C. The zero-order chi connectivity index (χ0) is 14.5. The number of rotatable bonds is 4. The Bertz CT molecular complexity index is 639. The molecule has 102 valence electrons. The molecule has 20 heavy (non-hydrogen) atoms. The second-order valence-electron chi connectivity index (χ2n) is 5.02. The molecule has 0 unspecified atom stereocenters. The minimum absolute atomic E-state index is 0.652. The quantitative estimate of drug-likeness (QED) is 0.919. The van der Waals surface area contributed by atoms with E-state index in [1.165, 1.54) is 11.3 Å². The van der Waals surface area contributed by atoms with Crippen molar-refractivity contribution in [1.82, 2.24) is 0 Å². The standard InChI is InChI=1S/C17H19N3/c1-13-8-9-16(10-17(13)20(2)3)19-12-15-7-5-4-6-14(15)11-18/h4-10,19H,12H2,1-3H3. The number of hydrogen-bond acceptors (Lipinski definition) is 3. The second kappa shape index (κ2) is 6.12. The van der Waals surface area contributed by atoms with Crippen LogP contribution in [-0.4, -0.2) is 14.1 Å². The van der Waals surface area contributed by atoms with Gasteiger partial charge in [0.15, 0.2) is 0 Å². The fourth-order valence-electron chi connectivity index (χ4n) is 2.18. The molecule has 3 nitrogen and oxygen atoms in total. The summed E-state index contributed by atoms with van der Waals surface area (Å²) < 4.78 is 0. The second-order valence-corrected chi connectivity index (χ2v) is 5.02. The first-order valence-electron chi connectivity index (χ1n) is 6.61. The molecule has 0 heterocycles. The molecule has 0 fully saturated rings. The first-order valence-corrected chi connectivity index (χ1v) is 6.61. The van der Waals surface area contributed by atoms with E-state index < -0.39 is 0 Å². The molecule has 1 N–H and O–H groups in total. The first kappa shape index (κ1) is 14.0. The highest BCUT2D eigenvalue weighted by Gasteiger charge is 2.04. The molecular formula is C17H19N3. The average molecular weight is 265 g/mol. The number of nitrogens with one attached hydrogen (secondary N) is 1. The van der Waals surface area contributed by atoms with Gasteiger partial charge in [0.1, 0.15) is 0 Å². The Hall–Kier alpha value is -2.47. The first-order chi connectivity index (χ1) is 9.61.